The van der Waals surface area contributed by atoms with Crippen molar-refractivity contribution in [1.82, 2.24) is 0 Å². The number of amides is 1. The van der Waals surface area contributed by atoms with Gasteiger partial charge >= 0.3 is 0 Å². The molecule has 0 spiro atoms. The summed E-state index contributed by atoms with van der Waals surface area (Å²) in [4.78, 5) is 12.4. The Morgan fingerprint density at radius 2 is 1.67 bits per heavy atom. The average molecular weight is 328 g/mol. The van der Waals surface area contributed by atoms with Crippen molar-refractivity contribution in [2.45, 2.75) is 16.0 Å². The zero-order valence-corrected chi connectivity index (χ0v) is 12.4. The Morgan fingerprint density at radius 1 is 1.05 bits per heavy atom. The molecule has 2 nitrogen and oxygen atoms in total. The quantitative estimate of drug-likeness (QED) is 0.624. The normalized spacial score (nSPS) is 12.2. The molecule has 0 heterocycles. The van der Waals surface area contributed by atoms with Crippen LogP contribution < -0.4 is 5.32 Å². The Hall–Kier alpha value is -1.59. The molecule has 0 aliphatic carbocycles. The Labute approximate surface area is 130 Å². The van der Waals surface area contributed by atoms with Crippen LogP contribution in [0.1, 0.15) is 10.9 Å². The highest BCUT2D eigenvalue weighted by atomic mass is 35.5. The minimum absolute atomic E-state index is 0.303. The van der Waals surface area contributed by atoms with E-state index in [0.29, 0.717) is 27.9 Å². The number of carbonyl (C=O) groups is 1. The third-order valence-electron chi connectivity index (χ3n) is 2.68. The fourth-order valence-electron chi connectivity index (χ4n) is 1.74. The molecule has 0 saturated heterocycles. The van der Waals surface area contributed by atoms with E-state index in [1.807, 2.05) is 6.07 Å². The molecule has 2 rings (SSSR count). The molecule has 0 radical (unpaired) electrons. The summed E-state index contributed by atoms with van der Waals surface area (Å²) in [5.41, 5.74) is 0.977. The minimum atomic E-state index is -2.55. The first-order valence-electron chi connectivity index (χ1n) is 6.11. The van der Waals surface area contributed by atoms with E-state index in [2.05, 4.69) is 5.32 Å². The highest BCUT2D eigenvalue weighted by Crippen LogP contribution is 2.32. The maximum atomic E-state index is 12.5. The van der Waals surface area contributed by atoms with Gasteiger partial charge in [-0.2, -0.15) is 8.78 Å². The van der Waals surface area contributed by atoms with Crippen LogP contribution in [0.2, 0.25) is 0 Å². The summed E-state index contributed by atoms with van der Waals surface area (Å²) < 4.78 is 25.0. The zero-order valence-electron chi connectivity index (χ0n) is 10.8. The van der Waals surface area contributed by atoms with E-state index in [-0.39, 0.29) is 0 Å². The lowest BCUT2D eigenvalue weighted by atomic mass is 10.1. The molecule has 6 heteroatoms. The van der Waals surface area contributed by atoms with Gasteiger partial charge in [0.05, 0.1) is 5.69 Å². The summed E-state index contributed by atoms with van der Waals surface area (Å²) in [5.74, 6) is -3.01. The molecule has 1 amide bonds. The molecule has 0 bridgehead atoms. The lowest BCUT2D eigenvalue weighted by Gasteiger charge is -2.13. The Balaban J connectivity index is 2.13. The van der Waals surface area contributed by atoms with Crippen molar-refractivity contribution in [2.24, 2.45) is 0 Å². The van der Waals surface area contributed by atoms with Crippen molar-refractivity contribution in [2.75, 3.05) is 5.32 Å². The maximum Gasteiger partial charge on any atom is 0.288 e. The fraction of sp³-hybridized carbons (Fsp3) is 0.133. The lowest BCUT2D eigenvalue weighted by molar-refractivity contribution is -0.116. The molecule has 0 saturated carbocycles. The molecule has 1 N–H and O–H groups in total. The number of carbonyl (C=O) groups excluding carboxylic acids is 1. The van der Waals surface area contributed by atoms with Crippen molar-refractivity contribution in [3.8, 4) is 0 Å². The van der Waals surface area contributed by atoms with Gasteiger partial charge in [0.2, 0.25) is 5.91 Å². The van der Waals surface area contributed by atoms with Gasteiger partial charge in [-0.15, -0.1) is 11.6 Å². The number of halogens is 3. The fourth-order valence-corrected chi connectivity index (χ4v) is 2.53. The van der Waals surface area contributed by atoms with Gasteiger partial charge < -0.3 is 5.32 Å². The van der Waals surface area contributed by atoms with Gasteiger partial charge in [0.15, 0.2) is 0 Å². The van der Waals surface area contributed by atoms with Gasteiger partial charge in [-0.05, 0) is 17.7 Å². The second kappa shape index (κ2) is 7.43. The molecule has 2 aromatic carbocycles. The van der Waals surface area contributed by atoms with E-state index in [0.717, 1.165) is 0 Å². The number of anilines is 1. The zero-order chi connectivity index (χ0) is 15.2. The third-order valence-corrected chi connectivity index (χ3v) is 3.92. The molecular weight excluding hydrogens is 316 g/mol. The van der Waals surface area contributed by atoms with Gasteiger partial charge in [-0.25, -0.2) is 0 Å². The van der Waals surface area contributed by atoms with Gasteiger partial charge in [-0.1, -0.05) is 54.2 Å². The third kappa shape index (κ3) is 4.44. The summed E-state index contributed by atoms with van der Waals surface area (Å²) in [6.45, 7) is 0. The number of hydrogen-bond donors (Lipinski definition) is 1. The number of alkyl halides is 3. The Bertz CT molecular complexity index is 610. The van der Waals surface area contributed by atoms with E-state index in [1.165, 1.54) is 6.07 Å². The minimum Gasteiger partial charge on any atom is -0.323 e. The highest BCUT2D eigenvalue weighted by molar-refractivity contribution is 7.99. The molecule has 21 heavy (non-hydrogen) atoms. The van der Waals surface area contributed by atoms with E-state index in [4.69, 9.17) is 11.6 Å². The monoisotopic (exact) mass is 327 g/mol. The van der Waals surface area contributed by atoms with Gasteiger partial charge in [-0.3, -0.25) is 4.79 Å². The molecule has 0 aliphatic rings. The molecule has 2 aromatic rings. The van der Waals surface area contributed by atoms with E-state index >= 15 is 0 Å². The molecule has 110 valence electrons. The van der Waals surface area contributed by atoms with Crippen LogP contribution >= 0.6 is 23.4 Å². The highest BCUT2D eigenvalue weighted by Gasteiger charge is 2.19. The largest absolute Gasteiger partial charge is 0.323 e. The van der Waals surface area contributed by atoms with Gasteiger partial charge in [0.1, 0.15) is 5.38 Å². The summed E-state index contributed by atoms with van der Waals surface area (Å²) in [5, 5.41) is 1.71. The van der Waals surface area contributed by atoms with Crippen LogP contribution in [-0.4, -0.2) is 11.7 Å². The molecule has 0 aromatic heterocycles. The van der Waals surface area contributed by atoms with Crippen LogP contribution in [0.5, 0.6) is 0 Å². The Morgan fingerprint density at radius 3 is 2.33 bits per heavy atom. The first-order valence-corrected chi connectivity index (χ1v) is 7.43. The number of para-hydroxylation sites is 1. The van der Waals surface area contributed by atoms with E-state index in [1.54, 1.807) is 42.5 Å². The van der Waals surface area contributed by atoms with Crippen molar-refractivity contribution < 1.29 is 13.6 Å². The van der Waals surface area contributed by atoms with Gasteiger partial charge in [0.25, 0.3) is 5.76 Å². The molecule has 0 aliphatic heterocycles. The van der Waals surface area contributed by atoms with Crippen LogP contribution in [0.3, 0.4) is 0 Å². The standard InChI is InChI=1S/C15H12ClF2NOS/c16-13(10-6-2-1-3-7-10)14(20)19-11-8-4-5-9-12(11)21-15(17)18/h1-9,13,15H,(H,19,20). The predicted molar refractivity (Wildman–Crippen MR) is 82.0 cm³/mol. The maximum absolute atomic E-state index is 12.5. The van der Waals surface area contributed by atoms with Crippen molar-refractivity contribution in [1.29, 1.82) is 0 Å². The van der Waals surface area contributed by atoms with Crippen LogP contribution in [0.15, 0.2) is 59.5 Å². The summed E-state index contributed by atoms with van der Waals surface area (Å²) >= 11 is 6.48. The summed E-state index contributed by atoms with van der Waals surface area (Å²) in [6, 6.07) is 15.2. The number of benzene rings is 2. The first kappa shape index (κ1) is 15.8. The number of nitrogens with one attached hydrogen (secondary N) is 1. The number of thioether (sulfide) groups is 1. The van der Waals surface area contributed by atoms with Crippen LogP contribution in [0, 0.1) is 0 Å². The molecule has 0 fully saturated rings. The van der Waals surface area contributed by atoms with Crippen LogP contribution in [0.4, 0.5) is 14.5 Å². The first-order chi connectivity index (χ1) is 10.1. The van der Waals surface area contributed by atoms with E-state index < -0.39 is 17.0 Å². The van der Waals surface area contributed by atoms with Crippen molar-refractivity contribution in [3.05, 3.63) is 60.2 Å². The topological polar surface area (TPSA) is 29.1 Å². The summed E-state index contributed by atoms with van der Waals surface area (Å²) in [7, 11) is 0. The SMILES string of the molecule is O=C(Nc1ccccc1SC(F)F)C(Cl)c1ccccc1. The average Bonchev–Trinajstić information content (AvgIpc) is 2.49. The van der Waals surface area contributed by atoms with Crippen LogP contribution in [-0.2, 0) is 4.79 Å². The predicted octanol–water partition coefficient (Wildman–Crippen LogP) is 4.92. The second-order valence-corrected chi connectivity index (χ2v) is 5.61. The Kier molecular flexibility index (Phi) is 5.59. The smallest absolute Gasteiger partial charge is 0.288 e. The molecular formula is C15H12ClF2NOS. The second-order valence-electron chi connectivity index (χ2n) is 4.14. The van der Waals surface area contributed by atoms with Gasteiger partial charge in [0, 0.05) is 4.90 Å². The summed E-state index contributed by atoms with van der Waals surface area (Å²) in [6.07, 6.45) is 0. The lowest BCUT2D eigenvalue weighted by Crippen LogP contribution is -2.17. The number of rotatable bonds is 5. The number of hydrogen-bond acceptors (Lipinski definition) is 2. The van der Waals surface area contributed by atoms with Crippen LogP contribution in [0.25, 0.3) is 0 Å². The van der Waals surface area contributed by atoms with Crippen molar-refractivity contribution in [3.63, 3.8) is 0 Å². The molecule has 1 unspecified atom stereocenters. The van der Waals surface area contributed by atoms with E-state index in [9.17, 15) is 13.6 Å². The van der Waals surface area contributed by atoms with Crippen molar-refractivity contribution >= 4 is 35.0 Å². The molecule has 1 atom stereocenters.